The highest BCUT2D eigenvalue weighted by Gasteiger charge is 2.31. The molecular weight excluding hydrogens is 374 g/mol. The molecule has 0 aliphatic carbocycles. The number of rotatable bonds is 6. The first-order valence-corrected chi connectivity index (χ1v) is 10.2. The van der Waals surface area contributed by atoms with Crippen LogP contribution in [0.15, 0.2) is 83.8 Å². The predicted molar refractivity (Wildman–Crippen MR) is 109 cm³/mol. The first-order valence-electron chi connectivity index (χ1n) is 8.78. The summed E-state index contributed by atoms with van der Waals surface area (Å²) in [5.41, 5.74) is 2.13. The maximum absolute atomic E-state index is 13.2. The van der Waals surface area contributed by atoms with Crippen molar-refractivity contribution < 1.29 is 17.9 Å². The van der Waals surface area contributed by atoms with Crippen molar-refractivity contribution in [1.82, 2.24) is 0 Å². The largest absolute Gasteiger partial charge is 0.483 e. The SMILES string of the molecule is Cc1ccc(C)c(OCC(=O)N(c2ccccc2)S(=O)(=O)c2ccccc2)c1. The molecule has 28 heavy (non-hydrogen) atoms. The second-order valence-corrected chi connectivity index (χ2v) is 8.16. The Balaban J connectivity index is 1.93. The first-order chi connectivity index (χ1) is 13.4. The molecule has 0 aromatic heterocycles. The average molecular weight is 395 g/mol. The fraction of sp³-hybridized carbons (Fsp3) is 0.136. The second-order valence-electron chi connectivity index (χ2n) is 6.37. The molecule has 0 bridgehead atoms. The van der Waals surface area contributed by atoms with Gasteiger partial charge in [-0.2, -0.15) is 4.31 Å². The van der Waals surface area contributed by atoms with Gasteiger partial charge in [-0.15, -0.1) is 0 Å². The molecule has 0 N–H and O–H groups in total. The second kappa shape index (κ2) is 8.27. The van der Waals surface area contributed by atoms with Gasteiger partial charge in [0, 0.05) is 0 Å². The van der Waals surface area contributed by atoms with Crippen LogP contribution < -0.4 is 9.04 Å². The van der Waals surface area contributed by atoms with Crippen LogP contribution in [0.1, 0.15) is 11.1 Å². The number of benzene rings is 3. The lowest BCUT2D eigenvalue weighted by atomic mass is 10.1. The molecule has 3 rings (SSSR count). The number of hydrogen-bond donors (Lipinski definition) is 0. The number of sulfonamides is 1. The van der Waals surface area contributed by atoms with Gasteiger partial charge in [-0.1, -0.05) is 48.5 Å². The molecule has 144 valence electrons. The third-order valence-corrected chi connectivity index (χ3v) is 5.96. The highest BCUT2D eigenvalue weighted by atomic mass is 32.2. The van der Waals surface area contributed by atoms with Gasteiger partial charge in [-0.05, 0) is 55.3 Å². The third-order valence-electron chi connectivity index (χ3n) is 4.19. The van der Waals surface area contributed by atoms with Crippen LogP contribution in [0.4, 0.5) is 5.69 Å². The predicted octanol–water partition coefficient (Wildman–Crippen LogP) is 4.10. The zero-order valence-corrected chi connectivity index (χ0v) is 16.5. The Labute approximate surface area is 165 Å². The molecule has 0 spiro atoms. The summed E-state index contributed by atoms with van der Waals surface area (Å²) in [6, 6.07) is 21.8. The van der Waals surface area contributed by atoms with Crippen LogP contribution in [0.2, 0.25) is 0 Å². The Kier molecular flexibility index (Phi) is 5.80. The maximum atomic E-state index is 13.2. The van der Waals surface area contributed by atoms with E-state index in [1.54, 1.807) is 48.5 Å². The average Bonchev–Trinajstić information content (AvgIpc) is 2.70. The molecule has 0 atom stereocenters. The van der Waals surface area contributed by atoms with Crippen molar-refractivity contribution in [2.24, 2.45) is 0 Å². The molecule has 0 unspecified atom stereocenters. The summed E-state index contributed by atoms with van der Waals surface area (Å²) in [6.45, 7) is 3.39. The van der Waals surface area contributed by atoms with E-state index >= 15 is 0 Å². The normalized spacial score (nSPS) is 11.1. The summed E-state index contributed by atoms with van der Waals surface area (Å²) < 4.78 is 32.8. The summed E-state index contributed by atoms with van der Waals surface area (Å²) in [5.74, 6) is -0.116. The monoisotopic (exact) mass is 395 g/mol. The smallest absolute Gasteiger partial charge is 0.278 e. The van der Waals surface area contributed by atoms with Crippen LogP contribution >= 0.6 is 0 Å². The van der Waals surface area contributed by atoms with Gasteiger partial charge in [-0.3, -0.25) is 4.79 Å². The lowest BCUT2D eigenvalue weighted by molar-refractivity contribution is -0.119. The van der Waals surface area contributed by atoms with Crippen LogP contribution in [-0.4, -0.2) is 20.9 Å². The topological polar surface area (TPSA) is 63.7 Å². The minimum absolute atomic E-state index is 0.0407. The van der Waals surface area contributed by atoms with Gasteiger partial charge in [0.15, 0.2) is 6.61 Å². The Hall–Kier alpha value is -3.12. The molecule has 6 heteroatoms. The molecule has 0 saturated heterocycles. The summed E-state index contributed by atoms with van der Waals surface area (Å²) in [4.78, 5) is 13.0. The molecule has 1 amide bonds. The minimum Gasteiger partial charge on any atom is -0.483 e. The fourth-order valence-corrected chi connectivity index (χ4v) is 4.17. The van der Waals surface area contributed by atoms with Gasteiger partial charge in [0.05, 0.1) is 10.6 Å². The highest BCUT2D eigenvalue weighted by Crippen LogP contribution is 2.25. The van der Waals surface area contributed by atoms with Crippen molar-refractivity contribution in [1.29, 1.82) is 0 Å². The number of para-hydroxylation sites is 1. The molecule has 3 aromatic rings. The van der Waals surface area contributed by atoms with E-state index in [9.17, 15) is 13.2 Å². The van der Waals surface area contributed by atoms with Crippen LogP contribution in [0.25, 0.3) is 0 Å². The van der Waals surface area contributed by atoms with E-state index in [2.05, 4.69) is 0 Å². The van der Waals surface area contributed by atoms with Crippen LogP contribution in [0.5, 0.6) is 5.75 Å². The van der Waals surface area contributed by atoms with Crippen LogP contribution in [0.3, 0.4) is 0 Å². The number of hydrogen-bond acceptors (Lipinski definition) is 4. The lowest BCUT2D eigenvalue weighted by Crippen LogP contribution is -2.40. The van der Waals surface area contributed by atoms with E-state index in [0.29, 0.717) is 5.75 Å². The minimum atomic E-state index is -4.07. The third kappa shape index (κ3) is 4.23. The molecule has 0 saturated carbocycles. The van der Waals surface area contributed by atoms with E-state index in [1.807, 2.05) is 32.0 Å². The summed E-state index contributed by atoms with van der Waals surface area (Å²) in [7, 11) is -4.07. The standard InChI is InChI=1S/C22H21NO4S/c1-17-13-14-18(2)21(15-17)27-16-22(24)23(19-9-5-3-6-10-19)28(25,26)20-11-7-4-8-12-20/h3-15H,16H2,1-2H3. The van der Waals surface area contributed by atoms with Gasteiger partial charge < -0.3 is 4.74 Å². The van der Waals surface area contributed by atoms with Gasteiger partial charge >= 0.3 is 0 Å². The molecule has 3 aromatic carbocycles. The zero-order chi connectivity index (χ0) is 20.1. The van der Waals surface area contributed by atoms with Gasteiger partial charge in [-0.25, -0.2) is 8.42 Å². The molecular formula is C22H21NO4S. The fourth-order valence-electron chi connectivity index (χ4n) is 2.74. The van der Waals surface area contributed by atoms with E-state index < -0.39 is 22.5 Å². The Bertz CT molecular complexity index is 1060. The molecule has 0 aliphatic rings. The van der Waals surface area contributed by atoms with E-state index in [0.717, 1.165) is 15.4 Å². The lowest BCUT2D eigenvalue weighted by Gasteiger charge is -2.23. The molecule has 0 fully saturated rings. The van der Waals surface area contributed by atoms with E-state index in [-0.39, 0.29) is 10.6 Å². The number of carbonyl (C=O) groups is 1. The van der Waals surface area contributed by atoms with Crippen molar-refractivity contribution in [3.8, 4) is 5.75 Å². The van der Waals surface area contributed by atoms with Crippen molar-refractivity contribution in [3.05, 3.63) is 90.0 Å². The Morgan fingerprint density at radius 3 is 2.14 bits per heavy atom. The summed E-state index contributed by atoms with van der Waals surface area (Å²) in [5, 5.41) is 0. The van der Waals surface area contributed by atoms with Gasteiger partial charge in [0.2, 0.25) is 0 Å². The summed E-state index contributed by atoms with van der Waals surface area (Å²) >= 11 is 0. The molecule has 5 nitrogen and oxygen atoms in total. The van der Waals surface area contributed by atoms with Crippen molar-refractivity contribution in [3.63, 3.8) is 0 Å². The molecule has 0 aliphatic heterocycles. The van der Waals surface area contributed by atoms with E-state index in [1.165, 1.54) is 12.1 Å². The zero-order valence-electron chi connectivity index (χ0n) is 15.7. The van der Waals surface area contributed by atoms with Crippen molar-refractivity contribution >= 4 is 21.6 Å². The van der Waals surface area contributed by atoms with Gasteiger partial charge in [0.25, 0.3) is 15.9 Å². The number of anilines is 1. The van der Waals surface area contributed by atoms with Crippen molar-refractivity contribution in [2.75, 3.05) is 10.9 Å². The van der Waals surface area contributed by atoms with Crippen LogP contribution in [-0.2, 0) is 14.8 Å². The number of amides is 1. The number of aryl methyl sites for hydroxylation is 2. The summed E-state index contributed by atoms with van der Waals surface area (Å²) in [6.07, 6.45) is 0. The first kappa shape index (κ1) is 19.6. The van der Waals surface area contributed by atoms with Crippen LogP contribution in [0, 0.1) is 13.8 Å². The number of carbonyl (C=O) groups excluding carboxylic acids is 1. The van der Waals surface area contributed by atoms with Gasteiger partial charge in [0.1, 0.15) is 5.75 Å². The number of nitrogens with zero attached hydrogens (tertiary/aromatic N) is 1. The highest BCUT2D eigenvalue weighted by molar-refractivity contribution is 7.93. The molecule has 0 radical (unpaired) electrons. The maximum Gasteiger partial charge on any atom is 0.278 e. The number of ether oxygens (including phenoxy) is 1. The van der Waals surface area contributed by atoms with E-state index in [4.69, 9.17) is 4.74 Å². The molecule has 0 heterocycles. The van der Waals surface area contributed by atoms with Crippen molar-refractivity contribution in [2.45, 2.75) is 18.7 Å². The Morgan fingerprint density at radius 2 is 1.50 bits per heavy atom. The quantitative estimate of drug-likeness (QED) is 0.630. The Morgan fingerprint density at radius 1 is 0.893 bits per heavy atom.